The van der Waals surface area contributed by atoms with Crippen LogP contribution in [-0.2, 0) is 19.7 Å². The average Bonchev–Trinajstić information content (AvgIpc) is 3.40. The van der Waals surface area contributed by atoms with Crippen molar-refractivity contribution in [2.45, 2.75) is 31.2 Å². The second kappa shape index (κ2) is 8.43. The highest BCUT2D eigenvalue weighted by Gasteiger charge is 2.58. The largest absolute Gasteiger partial charge is 0.484 e. The predicted molar refractivity (Wildman–Crippen MR) is 106 cm³/mol. The highest BCUT2D eigenvalue weighted by Crippen LogP contribution is 2.50. The third-order valence-corrected chi connectivity index (χ3v) is 5.93. The Morgan fingerprint density at radius 2 is 2.10 bits per heavy atom. The van der Waals surface area contributed by atoms with Crippen molar-refractivity contribution in [3.8, 4) is 5.75 Å². The number of benzene rings is 1. The zero-order valence-electron chi connectivity index (χ0n) is 17.2. The second-order valence-corrected chi connectivity index (χ2v) is 8.01. The lowest BCUT2D eigenvalue weighted by atomic mass is 9.80. The summed E-state index contributed by atoms with van der Waals surface area (Å²) in [7, 11) is 1.51. The summed E-state index contributed by atoms with van der Waals surface area (Å²) in [6.45, 7) is 2.83. The number of aryl methyl sites for hydroxylation is 1. The predicted octanol–water partition coefficient (Wildman–Crippen LogP) is 1.08. The van der Waals surface area contributed by atoms with Crippen LogP contribution in [0, 0.1) is 12.8 Å². The molecule has 1 saturated carbocycles. The summed E-state index contributed by atoms with van der Waals surface area (Å²) in [4.78, 5) is 31.1. The molecule has 1 N–H and O–H groups in total. The van der Waals surface area contributed by atoms with E-state index in [4.69, 9.17) is 14.0 Å². The van der Waals surface area contributed by atoms with Crippen molar-refractivity contribution < 1.29 is 23.6 Å². The number of hydrogen-bond donors (Lipinski definition) is 1. The number of ether oxygens (including phenoxy) is 2. The summed E-state index contributed by atoms with van der Waals surface area (Å²) in [6, 6.07) is 9.19. The summed E-state index contributed by atoms with van der Waals surface area (Å²) < 4.78 is 16.1. The topological polar surface area (TPSA) is 107 Å². The van der Waals surface area contributed by atoms with Crippen LogP contribution in [0.15, 0.2) is 34.9 Å². The summed E-state index contributed by atoms with van der Waals surface area (Å²) in [5.41, 5.74) is -0.455. The number of hydrogen-bond acceptors (Lipinski definition) is 7. The third kappa shape index (κ3) is 4.02. The Balaban J connectivity index is 1.43. The van der Waals surface area contributed by atoms with Crippen LogP contribution in [-0.4, -0.2) is 66.3 Å². The summed E-state index contributed by atoms with van der Waals surface area (Å²) in [5.74, 6) is 1.64. The first kappa shape index (κ1) is 20.3. The van der Waals surface area contributed by atoms with Gasteiger partial charge in [-0.2, -0.15) is 4.98 Å². The van der Waals surface area contributed by atoms with Crippen LogP contribution in [0.25, 0.3) is 0 Å². The molecule has 9 nitrogen and oxygen atoms in total. The van der Waals surface area contributed by atoms with E-state index in [1.54, 1.807) is 11.8 Å². The average molecular weight is 414 g/mol. The molecular formula is C21H26N4O5. The Kier molecular flexibility index (Phi) is 5.72. The maximum atomic E-state index is 12.4. The van der Waals surface area contributed by atoms with Crippen LogP contribution in [0.5, 0.6) is 5.75 Å². The third-order valence-electron chi connectivity index (χ3n) is 5.93. The van der Waals surface area contributed by atoms with Gasteiger partial charge in [-0.1, -0.05) is 23.4 Å². The molecule has 2 aliphatic rings. The number of rotatable bonds is 7. The van der Waals surface area contributed by atoms with E-state index in [0.717, 1.165) is 6.42 Å². The van der Waals surface area contributed by atoms with Crippen LogP contribution in [0.4, 0.5) is 0 Å². The fourth-order valence-corrected chi connectivity index (χ4v) is 4.65. The van der Waals surface area contributed by atoms with Crippen molar-refractivity contribution in [3.63, 3.8) is 0 Å². The monoisotopic (exact) mass is 414 g/mol. The molecule has 30 heavy (non-hydrogen) atoms. The van der Waals surface area contributed by atoms with Crippen molar-refractivity contribution >= 4 is 11.8 Å². The molecule has 2 fully saturated rings. The van der Waals surface area contributed by atoms with Crippen molar-refractivity contribution in [2.24, 2.45) is 5.92 Å². The fourth-order valence-electron chi connectivity index (χ4n) is 4.65. The first-order valence-electron chi connectivity index (χ1n) is 10.0. The summed E-state index contributed by atoms with van der Waals surface area (Å²) >= 11 is 0. The number of para-hydroxylation sites is 1. The quantitative estimate of drug-likeness (QED) is 0.722. The molecule has 1 aliphatic carbocycles. The Hall–Kier alpha value is -2.94. The van der Waals surface area contributed by atoms with E-state index in [2.05, 4.69) is 15.5 Å². The van der Waals surface area contributed by atoms with Gasteiger partial charge in [-0.05, 0) is 37.8 Å². The number of amides is 2. The molecule has 9 heteroatoms. The van der Waals surface area contributed by atoms with Crippen LogP contribution in [0.1, 0.15) is 24.6 Å². The molecule has 2 amide bonds. The molecule has 1 aromatic carbocycles. The zero-order chi connectivity index (χ0) is 21.1. The van der Waals surface area contributed by atoms with Gasteiger partial charge in [0.2, 0.25) is 11.8 Å². The van der Waals surface area contributed by atoms with Crippen LogP contribution in [0.3, 0.4) is 0 Å². The minimum Gasteiger partial charge on any atom is -0.484 e. The smallest absolute Gasteiger partial charge is 0.258 e. The van der Waals surface area contributed by atoms with E-state index in [1.165, 1.54) is 7.11 Å². The van der Waals surface area contributed by atoms with E-state index in [0.29, 0.717) is 37.0 Å². The van der Waals surface area contributed by atoms with Gasteiger partial charge in [-0.3, -0.25) is 9.59 Å². The van der Waals surface area contributed by atoms with E-state index < -0.39 is 5.41 Å². The first-order chi connectivity index (χ1) is 14.5. The molecule has 2 heterocycles. The standard InChI is InChI=1S/C21H26N4O5/c1-14-22-20(30-24-14)21-9-16(8-15(21)10-25(13-21)19(27)12-28-2)23-18(26)11-29-17-6-4-3-5-7-17/h3-7,15-16H,8-13H2,1-2H3,(H,23,26)/t15?,16-,21+/m1/s1. The SMILES string of the molecule is COCC(=O)N1CC2C[C@@H](NC(=O)COc3ccccc3)C[C@]2(c2nc(C)no2)C1. The summed E-state index contributed by atoms with van der Waals surface area (Å²) in [5, 5.41) is 7.02. The number of methoxy groups -OCH3 is 1. The lowest BCUT2D eigenvalue weighted by Crippen LogP contribution is -2.41. The molecule has 160 valence electrons. The Labute approximate surface area is 174 Å². The van der Waals surface area contributed by atoms with E-state index in [1.807, 2.05) is 30.3 Å². The van der Waals surface area contributed by atoms with Crippen LogP contribution >= 0.6 is 0 Å². The number of likely N-dealkylation sites (tertiary alicyclic amines) is 1. The minimum atomic E-state index is -0.455. The molecule has 1 aliphatic heterocycles. The number of carbonyl (C=O) groups is 2. The second-order valence-electron chi connectivity index (χ2n) is 8.01. The number of carbonyl (C=O) groups excluding carboxylic acids is 2. The number of nitrogens with zero attached hydrogens (tertiary/aromatic N) is 3. The molecule has 1 unspecified atom stereocenters. The van der Waals surface area contributed by atoms with Gasteiger partial charge in [0.15, 0.2) is 12.4 Å². The molecule has 0 bridgehead atoms. The molecule has 4 rings (SSSR count). The summed E-state index contributed by atoms with van der Waals surface area (Å²) in [6.07, 6.45) is 1.36. The van der Waals surface area contributed by atoms with Crippen LogP contribution in [0.2, 0.25) is 0 Å². The lowest BCUT2D eigenvalue weighted by Gasteiger charge is -2.25. The van der Waals surface area contributed by atoms with Gasteiger partial charge < -0.3 is 24.2 Å². The van der Waals surface area contributed by atoms with Gasteiger partial charge in [-0.25, -0.2) is 0 Å². The minimum absolute atomic E-state index is 0.0443. The maximum Gasteiger partial charge on any atom is 0.258 e. The number of nitrogens with one attached hydrogen (secondary N) is 1. The molecule has 2 aromatic rings. The van der Waals surface area contributed by atoms with E-state index >= 15 is 0 Å². The molecule has 0 spiro atoms. The highest BCUT2D eigenvalue weighted by molar-refractivity contribution is 5.79. The number of fused-ring (bicyclic) bond motifs is 1. The van der Waals surface area contributed by atoms with Gasteiger partial charge in [0.25, 0.3) is 5.91 Å². The van der Waals surface area contributed by atoms with Gasteiger partial charge in [-0.15, -0.1) is 0 Å². The van der Waals surface area contributed by atoms with Gasteiger partial charge >= 0.3 is 0 Å². The molecule has 0 radical (unpaired) electrons. The Morgan fingerprint density at radius 3 is 2.80 bits per heavy atom. The lowest BCUT2D eigenvalue weighted by molar-refractivity contribution is -0.134. The van der Waals surface area contributed by atoms with E-state index in [9.17, 15) is 9.59 Å². The Morgan fingerprint density at radius 1 is 1.30 bits per heavy atom. The molecular weight excluding hydrogens is 388 g/mol. The fraction of sp³-hybridized carbons (Fsp3) is 0.524. The molecule has 3 atom stereocenters. The van der Waals surface area contributed by atoms with Gasteiger partial charge in [0.1, 0.15) is 12.4 Å². The van der Waals surface area contributed by atoms with Crippen molar-refractivity contribution in [2.75, 3.05) is 33.4 Å². The normalized spacial score (nSPS) is 25.2. The van der Waals surface area contributed by atoms with Gasteiger partial charge in [0, 0.05) is 26.2 Å². The Bertz CT molecular complexity index is 902. The van der Waals surface area contributed by atoms with Gasteiger partial charge in [0.05, 0.1) is 5.41 Å². The first-order valence-corrected chi connectivity index (χ1v) is 10.0. The maximum absolute atomic E-state index is 12.4. The van der Waals surface area contributed by atoms with Crippen molar-refractivity contribution in [1.82, 2.24) is 20.4 Å². The van der Waals surface area contributed by atoms with Crippen LogP contribution < -0.4 is 10.1 Å². The highest BCUT2D eigenvalue weighted by atomic mass is 16.5. The van der Waals surface area contributed by atoms with E-state index in [-0.39, 0.29) is 37.0 Å². The zero-order valence-corrected chi connectivity index (χ0v) is 17.2. The van der Waals surface area contributed by atoms with Crippen molar-refractivity contribution in [1.29, 1.82) is 0 Å². The molecule has 1 aromatic heterocycles. The molecule has 1 saturated heterocycles. The number of aromatic nitrogens is 2. The van der Waals surface area contributed by atoms with Crippen molar-refractivity contribution in [3.05, 3.63) is 42.0 Å².